The fourth-order valence-corrected chi connectivity index (χ4v) is 5.06. The number of carbonyl (C=O) groups excluding carboxylic acids is 2. The smallest absolute Gasteiger partial charge is 0.296 e. The van der Waals surface area contributed by atoms with Crippen molar-refractivity contribution in [1.82, 2.24) is 4.98 Å². The summed E-state index contributed by atoms with van der Waals surface area (Å²) in [6.45, 7) is 0. The van der Waals surface area contributed by atoms with Crippen LogP contribution in [0.25, 0.3) is 10.2 Å². The standard InChI is InChI=1S/C22H12BrClN2O4S/c23-12-5-3-11(4-6-12)18-17(19(27)15-2-1-9-30-15)20(28)21(29)26(18)22-25-14-8-7-13(24)10-16(14)31-22/h1-10,18,28H. The number of aliphatic hydroxyl groups is 1. The van der Waals surface area contributed by atoms with Crippen molar-refractivity contribution in [2.75, 3.05) is 4.90 Å². The number of nitrogens with zero attached hydrogens (tertiary/aromatic N) is 2. The minimum atomic E-state index is -0.866. The van der Waals surface area contributed by atoms with E-state index in [1.54, 1.807) is 48.5 Å². The molecule has 5 rings (SSSR count). The minimum absolute atomic E-state index is 0.0365. The Balaban J connectivity index is 1.68. The molecular formula is C22H12BrClN2O4S. The van der Waals surface area contributed by atoms with Crippen LogP contribution in [0.3, 0.4) is 0 Å². The normalized spacial score (nSPS) is 16.5. The number of halogens is 2. The van der Waals surface area contributed by atoms with Crippen LogP contribution in [-0.4, -0.2) is 21.8 Å². The zero-order chi connectivity index (χ0) is 21.7. The van der Waals surface area contributed by atoms with E-state index in [1.807, 2.05) is 0 Å². The van der Waals surface area contributed by atoms with Crippen molar-refractivity contribution in [3.05, 3.63) is 93.0 Å². The summed E-state index contributed by atoms with van der Waals surface area (Å²) in [5.41, 5.74) is 1.25. The first-order valence-corrected chi connectivity index (χ1v) is 11.1. The lowest BCUT2D eigenvalue weighted by molar-refractivity contribution is -0.117. The van der Waals surface area contributed by atoms with Gasteiger partial charge in [-0.1, -0.05) is 51.0 Å². The van der Waals surface area contributed by atoms with E-state index in [0.29, 0.717) is 21.2 Å². The third-order valence-corrected chi connectivity index (χ3v) is 6.71. The molecule has 2 aromatic heterocycles. The molecule has 0 saturated heterocycles. The number of anilines is 1. The van der Waals surface area contributed by atoms with Gasteiger partial charge in [0.25, 0.3) is 5.91 Å². The largest absolute Gasteiger partial charge is 0.503 e. The summed E-state index contributed by atoms with van der Waals surface area (Å²) >= 11 is 10.7. The number of thiazole rings is 1. The number of furan rings is 1. The highest BCUT2D eigenvalue weighted by Crippen LogP contribution is 2.44. The Morgan fingerprint density at radius 1 is 1.19 bits per heavy atom. The molecule has 1 atom stereocenters. The molecule has 3 heterocycles. The van der Waals surface area contributed by atoms with Crippen molar-refractivity contribution in [1.29, 1.82) is 0 Å². The summed E-state index contributed by atoms with van der Waals surface area (Å²) in [6.07, 6.45) is 1.37. The van der Waals surface area contributed by atoms with Gasteiger partial charge >= 0.3 is 0 Å². The number of hydrogen-bond donors (Lipinski definition) is 1. The van der Waals surface area contributed by atoms with Crippen LogP contribution in [0.5, 0.6) is 0 Å². The second-order valence-electron chi connectivity index (χ2n) is 6.81. The van der Waals surface area contributed by atoms with Gasteiger partial charge in [0.1, 0.15) is 0 Å². The van der Waals surface area contributed by atoms with Gasteiger partial charge in [-0.25, -0.2) is 4.98 Å². The fraction of sp³-hybridized carbons (Fsp3) is 0.0455. The molecule has 31 heavy (non-hydrogen) atoms. The van der Waals surface area contributed by atoms with Crippen LogP contribution >= 0.6 is 38.9 Å². The molecule has 4 aromatic rings. The lowest BCUT2D eigenvalue weighted by atomic mass is 9.95. The second-order valence-corrected chi connectivity index (χ2v) is 9.17. The Hall–Kier alpha value is -2.94. The molecule has 2 aromatic carbocycles. The molecule has 1 aliphatic rings. The van der Waals surface area contributed by atoms with Crippen molar-refractivity contribution < 1.29 is 19.1 Å². The maximum absolute atomic E-state index is 13.2. The predicted octanol–water partition coefficient (Wildman–Crippen LogP) is 6.09. The molecule has 1 unspecified atom stereocenters. The number of carbonyl (C=O) groups is 2. The summed E-state index contributed by atoms with van der Waals surface area (Å²) in [5.74, 6) is -1.84. The number of Topliss-reactive ketones (excluding diaryl/α,β-unsaturated/α-hetero) is 1. The number of rotatable bonds is 4. The van der Waals surface area contributed by atoms with Crippen molar-refractivity contribution in [2.45, 2.75) is 6.04 Å². The molecule has 0 fully saturated rings. The highest BCUT2D eigenvalue weighted by atomic mass is 79.9. The van der Waals surface area contributed by atoms with Crippen LogP contribution in [0.15, 0.2) is 81.1 Å². The number of fused-ring (bicyclic) bond motifs is 1. The first-order valence-electron chi connectivity index (χ1n) is 9.10. The molecule has 0 spiro atoms. The highest BCUT2D eigenvalue weighted by molar-refractivity contribution is 9.10. The van der Waals surface area contributed by atoms with Crippen molar-refractivity contribution >= 4 is 65.9 Å². The summed E-state index contributed by atoms with van der Waals surface area (Å²) in [4.78, 5) is 32.2. The van der Waals surface area contributed by atoms with Crippen LogP contribution in [0.1, 0.15) is 22.2 Å². The number of benzene rings is 2. The molecule has 0 aliphatic carbocycles. The number of ketones is 1. The Morgan fingerprint density at radius 2 is 1.97 bits per heavy atom. The number of aromatic nitrogens is 1. The summed E-state index contributed by atoms with van der Waals surface area (Å²) in [7, 11) is 0. The minimum Gasteiger partial charge on any atom is -0.503 e. The summed E-state index contributed by atoms with van der Waals surface area (Å²) < 4.78 is 6.87. The van der Waals surface area contributed by atoms with Gasteiger partial charge < -0.3 is 9.52 Å². The maximum atomic E-state index is 13.2. The van der Waals surface area contributed by atoms with Crippen LogP contribution in [0, 0.1) is 0 Å². The van der Waals surface area contributed by atoms with Gasteiger partial charge in [-0.15, -0.1) is 0 Å². The summed E-state index contributed by atoms with van der Waals surface area (Å²) in [6, 6.07) is 14.6. The molecule has 0 saturated carbocycles. The SMILES string of the molecule is O=C(C1=C(O)C(=O)N(c2nc3ccc(Cl)cc3s2)C1c1ccc(Br)cc1)c1ccco1. The fourth-order valence-electron chi connectivity index (χ4n) is 3.52. The van der Waals surface area contributed by atoms with E-state index in [9.17, 15) is 14.7 Å². The van der Waals surface area contributed by atoms with E-state index in [4.69, 9.17) is 16.0 Å². The van der Waals surface area contributed by atoms with E-state index < -0.39 is 23.5 Å². The van der Waals surface area contributed by atoms with Gasteiger partial charge in [0.2, 0.25) is 5.78 Å². The van der Waals surface area contributed by atoms with Gasteiger partial charge in [0.05, 0.1) is 28.1 Å². The van der Waals surface area contributed by atoms with Crippen LogP contribution in [-0.2, 0) is 4.79 Å². The average Bonchev–Trinajstić information content (AvgIpc) is 3.47. The van der Waals surface area contributed by atoms with Crippen molar-refractivity contribution in [3.63, 3.8) is 0 Å². The molecule has 0 radical (unpaired) electrons. The molecule has 1 N–H and O–H groups in total. The Kier molecular flexibility index (Phi) is 4.92. The van der Waals surface area contributed by atoms with Gasteiger partial charge in [0.15, 0.2) is 16.7 Å². The maximum Gasteiger partial charge on any atom is 0.296 e. The molecular weight excluding hydrogens is 504 g/mol. The van der Waals surface area contributed by atoms with E-state index in [2.05, 4.69) is 20.9 Å². The topological polar surface area (TPSA) is 83.6 Å². The average molecular weight is 516 g/mol. The van der Waals surface area contributed by atoms with E-state index in [-0.39, 0.29) is 11.3 Å². The molecule has 1 aliphatic heterocycles. The van der Waals surface area contributed by atoms with Crippen LogP contribution in [0.2, 0.25) is 5.02 Å². The molecule has 6 nitrogen and oxygen atoms in total. The zero-order valence-corrected chi connectivity index (χ0v) is 18.7. The monoisotopic (exact) mass is 514 g/mol. The van der Waals surface area contributed by atoms with Crippen molar-refractivity contribution in [2.24, 2.45) is 0 Å². The van der Waals surface area contributed by atoms with Crippen LogP contribution in [0.4, 0.5) is 5.13 Å². The second kappa shape index (κ2) is 7.64. The zero-order valence-electron chi connectivity index (χ0n) is 15.6. The van der Waals surface area contributed by atoms with E-state index in [1.165, 1.54) is 28.6 Å². The first-order chi connectivity index (χ1) is 14.9. The van der Waals surface area contributed by atoms with Gasteiger partial charge in [-0.3, -0.25) is 14.5 Å². The van der Waals surface area contributed by atoms with Gasteiger partial charge in [0, 0.05) is 9.50 Å². The Bertz CT molecular complexity index is 1360. The first kappa shape index (κ1) is 20.0. The third-order valence-electron chi connectivity index (χ3n) is 4.93. The lowest BCUT2D eigenvalue weighted by Gasteiger charge is -2.24. The number of aliphatic hydroxyl groups excluding tert-OH is 1. The van der Waals surface area contributed by atoms with Crippen molar-refractivity contribution in [3.8, 4) is 0 Å². The predicted molar refractivity (Wildman–Crippen MR) is 122 cm³/mol. The Morgan fingerprint density at radius 3 is 2.68 bits per heavy atom. The Labute approximate surface area is 193 Å². The quantitative estimate of drug-likeness (QED) is 0.333. The van der Waals surface area contributed by atoms with Crippen LogP contribution < -0.4 is 4.90 Å². The number of amides is 1. The number of hydrogen-bond acceptors (Lipinski definition) is 6. The molecule has 1 amide bonds. The lowest BCUT2D eigenvalue weighted by Crippen LogP contribution is -2.30. The summed E-state index contributed by atoms with van der Waals surface area (Å²) in [5, 5.41) is 11.6. The molecule has 154 valence electrons. The molecule has 0 bridgehead atoms. The van der Waals surface area contributed by atoms with E-state index >= 15 is 0 Å². The van der Waals surface area contributed by atoms with Gasteiger partial charge in [-0.05, 0) is 48.0 Å². The highest BCUT2D eigenvalue weighted by Gasteiger charge is 2.46. The molecule has 9 heteroatoms. The van der Waals surface area contributed by atoms with Gasteiger partial charge in [-0.2, -0.15) is 0 Å². The third kappa shape index (κ3) is 3.37. The van der Waals surface area contributed by atoms with E-state index in [0.717, 1.165) is 9.17 Å².